The smallest absolute Gasteiger partial charge is 0.119 e. The highest BCUT2D eigenvalue weighted by Gasteiger charge is 2.05. The van der Waals surface area contributed by atoms with Gasteiger partial charge in [-0.25, -0.2) is 0 Å². The van der Waals surface area contributed by atoms with Gasteiger partial charge in [0.05, 0.1) is 7.11 Å². The number of benzene rings is 3. The molecule has 3 rings (SSSR count). The zero-order chi connectivity index (χ0) is 15.2. The number of rotatable bonds is 2. The van der Waals surface area contributed by atoms with Gasteiger partial charge in [0.25, 0.3) is 0 Å². The van der Waals surface area contributed by atoms with Crippen molar-refractivity contribution < 1.29 is 4.74 Å². The largest absolute Gasteiger partial charge is 0.497 e. The predicted molar refractivity (Wildman–Crippen MR) is 90.9 cm³/mol. The van der Waals surface area contributed by atoms with Crippen LogP contribution in [-0.2, 0) is 0 Å². The molecule has 0 atom stereocenters. The average molecular weight is 284 g/mol. The lowest BCUT2D eigenvalue weighted by atomic mass is 9.99. The Morgan fingerprint density at radius 2 is 1.41 bits per heavy atom. The Balaban J connectivity index is 2.06. The van der Waals surface area contributed by atoms with Crippen molar-refractivity contribution in [2.75, 3.05) is 7.11 Å². The van der Waals surface area contributed by atoms with Crippen molar-refractivity contribution in [2.24, 2.45) is 0 Å². The molecule has 1 nitrogen and oxygen atoms in total. The van der Waals surface area contributed by atoms with Crippen LogP contribution in [0, 0.1) is 11.8 Å². The van der Waals surface area contributed by atoms with Crippen molar-refractivity contribution >= 4 is 0 Å². The summed E-state index contributed by atoms with van der Waals surface area (Å²) in [4.78, 5) is 0. The summed E-state index contributed by atoms with van der Waals surface area (Å²) < 4.78 is 5.35. The molecule has 0 saturated heterocycles. The summed E-state index contributed by atoms with van der Waals surface area (Å²) >= 11 is 0. The molecule has 3 aromatic carbocycles. The van der Waals surface area contributed by atoms with Crippen LogP contribution in [0.5, 0.6) is 5.75 Å². The Morgan fingerprint density at radius 1 is 0.727 bits per heavy atom. The minimum absolute atomic E-state index is 0.837. The van der Waals surface area contributed by atoms with Gasteiger partial charge in [-0.15, -0.1) is 0 Å². The molecule has 0 bridgehead atoms. The maximum atomic E-state index is 5.35. The van der Waals surface area contributed by atoms with E-state index < -0.39 is 0 Å². The van der Waals surface area contributed by atoms with E-state index in [1.807, 2.05) is 66.7 Å². The van der Waals surface area contributed by atoms with Crippen molar-refractivity contribution in [1.29, 1.82) is 0 Å². The first-order chi connectivity index (χ1) is 10.9. The fraction of sp³-hybridized carbons (Fsp3) is 0.0476. The maximum absolute atomic E-state index is 5.35. The third-order valence-corrected chi connectivity index (χ3v) is 3.43. The van der Waals surface area contributed by atoms with Gasteiger partial charge in [0.2, 0.25) is 0 Å². The molecule has 0 heterocycles. The number of hydrogen-bond donors (Lipinski definition) is 0. The molecule has 22 heavy (non-hydrogen) atoms. The molecular weight excluding hydrogens is 268 g/mol. The van der Waals surface area contributed by atoms with Crippen molar-refractivity contribution in [2.45, 2.75) is 0 Å². The SMILES string of the molecule is COc1ccc(C#Cc2ccccc2)c(-c2ccccc2)c1. The van der Waals surface area contributed by atoms with E-state index in [0.29, 0.717) is 0 Å². The molecule has 0 N–H and O–H groups in total. The lowest BCUT2D eigenvalue weighted by molar-refractivity contribution is 0.415. The molecule has 0 aliphatic heterocycles. The fourth-order valence-electron chi connectivity index (χ4n) is 2.28. The monoisotopic (exact) mass is 284 g/mol. The standard InChI is InChI=1S/C21H16O/c1-22-20-15-14-19(13-12-17-8-4-2-5-9-17)21(16-20)18-10-6-3-7-11-18/h2-11,14-16H,1H3. The predicted octanol–water partition coefficient (Wildman–Crippen LogP) is 4.76. The van der Waals surface area contributed by atoms with Crippen LogP contribution >= 0.6 is 0 Å². The van der Waals surface area contributed by atoms with Gasteiger partial charge in [0.1, 0.15) is 5.75 Å². The van der Waals surface area contributed by atoms with Gasteiger partial charge in [-0.05, 0) is 35.9 Å². The highest BCUT2D eigenvalue weighted by Crippen LogP contribution is 2.27. The molecule has 0 aliphatic rings. The highest BCUT2D eigenvalue weighted by atomic mass is 16.5. The first kappa shape index (κ1) is 14.0. The van der Waals surface area contributed by atoms with Crippen LogP contribution in [0.4, 0.5) is 0 Å². The van der Waals surface area contributed by atoms with Gasteiger partial charge < -0.3 is 4.74 Å². The second kappa shape index (κ2) is 6.65. The summed E-state index contributed by atoms with van der Waals surface area (Å²) in [6.07, 6.45) is 0. The van der Waals surface area contributed by atoms with Gasteiger partial charge in [-0.1, -0.05) is 60.4 Å². The first-order valence-corrected chi connectivity index (χ1v) is 7.17. The van der Waals surface area contributed by atoms with Crippen LogP contribution < -0.4 is 4.74 Å². The maximum Gasteiger partial charge on any atom is 0.119 e. The Bertz CT molecular complexity index is 809. The van der Waals surface area contributed by atoms with E-state index in [1.165, 1.54) is 0 Å². The Labute approximate surface area is 131 Å². The van der Waals surface area contributed by atoms with Crippen LogP contribution in [0.3, 0.4) is 0 Å². The number of hydrogen-bond acceptors (Lipinski definition) is 1. The first-order valence-electron chi connectivity index (χ1n) is 7.17. The Hall–Kier alpha value is -2.98. The number of ether oxygens (including phenoxy) is 1. The third kappa shape index (κ3) is 3.19. The summed E-state index contributed by atoms with van der Waals surface area (Å²) in [5.41, 5.74) is 4.23. The second-order valence-corrected chi connectivity index (χ2v) is 4.89. The van der Waals surface area contributed by atoms with E-state index in [-0.39, 0.29) is 0 Å². The molecule has 0 aromatic heterocycles. The quantitative estimate of drug-likeness (QED) is 0.616. The zero-order valence-corrected chi connectivity index (χ0v) is 12.4. The van der Waals surface area contributed by atoms with Crippen LogP contribution in [0.2, 0.25) is 0 Å². The normalized spacial score (nSPS) is 9.68. The molecular formula is C21H16O. The summed E-state index contributed by atoms with van der Waals surface area (Å²) in [6, 6.07) is 26.2. The van der Waals surface area contributed by atoms with Gasteiger partial charge in [0.15, 0.2) is 0 Å². The lowest BCUT2D eigenvalue weighted by Gasteiger charge is -2.07. The molecule has 0 fully saturated rings. The van der Waals surface area contributed by atoms with Crippen LogP contribution in [0.1, 0.15) is 11.1 Å². The summed E-state index contributed by atoms with van der Waals surface area (Å²) in [5, 5.41) is 0. The van der Waals surface area contributed by atoms with E-state index in [2.05, 4.69) is 24.0 Å². The molecule has 3 aromatic rings. The average Bonchev–Trinajstić information content (AvgIpc) is 2.61. The molecule has 0 amide bonds. The molecule has 106 valence electrons. The van der Waals surface area contributed by atoms with Crippen molar-refractivity contribution in [3.63, 3.8) is 0 Å². The topological polar surface area (TPSA) is 9.23 Å². The third-order valence-electron chi connectivity index (χ3n) is 3.43. The molecule has 0 spiro atoms. The number of methoxy groups -OCH3 is 1. The van der Waals surface area contributed by atoms with E-state index in [0.717, 1.165) is 28.0 Å². The van der Waals surface area contributed by atoms with Crippen molar-refractivity contribution in [1.82, 2.24) is 0 Å². The van der Waals surface area contributed by atoms with Gasteiger partial charge in [-0.3, -0.25) is 0 Å². The summed E-state index contributed by atoms with van der Waals surface area (Å²) in [6.45, 7) is 0. The zero-order valence-electron chi connectivity index (χ0n) is 12.4. The second-order valence-electron chi connectivity index (χ2n) is 4.89. The van der Waals surface area contributed by atoms with Crippen LogP contribution in [-0.4, -0.2) is 7.11 Å². The molecule has 0 unspecified atom stereocenters. The van der Waals surface area contributed by atoms with Crippen LogP contribution in [0.25, 0.3) is 11.1 Å². The fourth-order valence-corrected chi connectivity index (χ4v) is 2.28. The van der Waals surface area contributed by atoms with E-state index in [1.54, 1.807) is 7.11 Å². The molecule has 0 saturated carbocycles. The van der Waals surface area contributed by atoms with E-state index in [9.17, 15) is 0 Å². The summed E-state index contributed by atoms with van der Waals surface area (Å²) in [7, 11) is 1.68. The Kier molecular flexibility index (Phi) is 4.22. The van der Waals surface area contributed by atoms with E-state index in [4.69, 9.17) is 4.74 Å². The molecule has 0 aliphatic carbocycles. The Morgan fingerprint density at radius 3 is 2.09 bits per heavy atom. The molecule has 0 radical (unpaired) electrons. The van der Waals surface area contributed by atoms with Crippen molar-refractivity contribution in [3.05, 3.63) is 90.0 Å². The van der Waals surface area contributed by atoms with Gasteiger partial charge in [-0.2, -0.15) is 0 Å². The van der Waals surface area contributed by atoms with Crippen molar-refractivity contribution in [3.8, 4) is 28.7 Å². The minimum Gasteiger partial charge on any atom is -0.497 e. The highest BCUT2D eigenvalue weighted by molar-refractivity contribution is 5.73. The lowest BCUT2D eigenvalue weighted by Crippen LogP contribution is -1.88. The summed E-state index contributed by atoms with van der Waals surface area (Å²) in [5.74, 6) is 7.33. The minimum atomic E-state index is 0.837. The molecule has 1 heteroatoms. The van der Waals surface area contributed by atoms with Crippen LogP contribution in [0.15, 0.2) is 78.9 Å². The van der Waals surface area contributed by atoms with Gasteiger partial charge >= 0.3 is 0 Å². The van der Waals surface area contributed by atoms with Gasteiger partial charge in [0, 0.05) is 16.7 Å². The van der Waals surface area contributed by atoms with E-state index >= 15 is 0 Å².